The van der Waals surface area contributed by atoms with Gasteiger partial charge < -0.3 is 10.5 Å². The number of hydrogen-bond acceptors (Lipinski definition) is 5. The van der Waals surface area contributed by atoms with E-state index in [0.29, 0.717) is 16.8 Å². The fourth-order valence-corrected chi connectivity index (χ4v) is 2.57. The minimum atomic E-state index is 0.592. The van der Waals surface area contributed by atoms with Gasteiger partial charge in [-0.2, -0.15) is 0 Å². The van der Waals surface area contributed by atoms with Crippen molar-refractivity contribution in [2.45, 2.75) is 6.54 Å². The van der Waals surface area contributed by atoms with Crippen molar-refractivity contribution in [2.24, 2.45) is 0 Å². The molecule has 0 spiro atoms. The van der Waals surface area contributed by atoms with Gasteiger partial charge in [0.05, 0.1) is 5.02 Å². The quantitative estimate of drug-likeness (QED) is 0.891. The summed E-state index contributed by atoms with van der Waals surface area (Å²) >= 11 is 7.52. The maximum Gasteiger partial charge on any atom is 0.180 e. The fourth-order valence-electron chi connectivity index (χ4n) is 1.61. The summed E-state index contributed by atoms with van der Waals surface area (Å²) in [6.07, 6.45) is 1.81. The number of anilines is 1. The smallest absolute Gasteiger partial charge is 0.180 e. The fraction of sp³-hybridized carbons (Fsp3) is 0.308. The van der Waals surface area contributed by atoms with Gasteiger partial charge in [-0.05, 0) is 19.2 Å². The molecule has 0 radical (unpaired) electrons. The van der Waals surface area contributed by atoms with Crippen LogP contribution in [0.3, 0.4) is 0 Å². The van der Waals surface area contributed by atoms with Crippen molar-refractivity contribution in [1.29, 1.82) is 0 Å². The first kappa shape index (κ1) is 14.1. The number of halogens is 1. The first-order valence-electron chi connectivity index (χ1n) is 5.91. The number of aromatic nitrogens is 1. The third-order valence-corrected chi connectivity index (χ3v) is 3.69. The molecule has 0 amide bonds. The van der Waals surface area contributed by atoms with E-state index >= 15 is 0 Å². The Morgan fingerprint density at radius 3 is 2.89 bits per heavy atom. The molecule has 0 unspecified atom stereocenters. The van der Waals surface area contributed by atoms with E-state index in [1.54, 1.807) is 0 Å². The molecule has 0 saturated heterocycles. The Balaban J connectivity index is 1.75. The van der Waals surface area contributed by atoms with Gasteiger partial charge in [-0.15, -0.1) is 11.3 Å². The molecule has 1 aromatic carbocycles. The van der Waals surface area contributed by atoms with E-state index in [2.05, 4.69) is 9.88 Å². The van der Waals surface area contributed by atoms with Gasteiger partial charge in [0.15, 0.2) is 5.13 Å². The minimum Gasteiger partial charge on any atom is -0.491 e. The second-order valence-corrected chi connectivity index (χ2v) is 5.74. The summed E-state index contributed by atoms with van der Waals surface area (Å²) in [6.45, 7) is 2.22. The molecule has 2 rings (SSSR count). The minimum absolute atomic E-state index is 0.592. The Morgan fingerprint density at radius 1 is 1.42 bits per heavy atom. The zero-order valence-electron chi connectivity index (χ0n) is 10.7. The summed E-state index contributed by atoms with van der Waals surface area (Å²) in [5.74, 6) is 0.722. The molecule has 4 nitrogen and oxygen atoms in total. The monoisotopic (exact) mass is 297 g/mol. The molecular weight excluding hydrogens is 282 g/mol. The molecular formula is C13H16ClN3OS. The van der Waals surface area contributed by atoms with Crippen LogP contribution in [0.15, 0.2) is 30.5 Å². The number of para-hydroxylation sites is 1. The van der Waals surface area contributed by atoms with E-state index in [0.717, 1.165) is 23.7 Å². The number of rotatable bonds is 6. The van der Waals surface area contributed by atoms with Crippen LogP contribution in [0.1, 0.15) is 4.88 Å². The Bertz CT molecular complexity index is 532. The topological polar surface area (TPSA) is 51.4 Å². The zero-order chi connectivity index (χ0) is 13.7. The van der Waals surface area contributed by atoms with E-state index < -0.39 is 0 Å². The average Bonchev–Trinajstić information content (AvgIpc) is 2.77. The summed E-state index contributed by atoms with van der Waals surface area (Å²) < 4.78 is 5.64. The van der Waals surface area contributed by atoms with Crippen molar-refractivity contribution >= 4 is 28.1 Å². The van der Waals surface area contributed by atoms with Crippen molar-refractivity contribution in [1.82, 2.24) is 9.88 Å². The molecule has 0 saturated carbocycles. The van der Waals surface area contributed by atoms with Crippen LogP contribution < -0.4 is 10.5 Å². The summed E-state index contributed by atoms with van der Waals surface area (Å²) in [5, 5.41) is 1.25. The average molecular weight is 298 g/mol. The Morgan fingerprint density at radius 2 is 2.21 bits per heavy atom. The van der Waals surface area contributed by atoms with Crippen LogP contribution in [0.5, 0.6) is 5.75 Å². The second kappa shape index (κ2) is 6.75. The molecule has 1 heterocycles. The molecule has 0 aliphatic rings. The maximum absolute atomic E-state index is 6.01. The molecule has 0 fully saturated rings. The molecule has 0 aliphatic heterocycles. The van der Waals surface area contributed by atoms with Crippen LogP contribution in [-0.4, -0.2) is 30.1 Å². The van der Waals surface area contributed by atoms with Gasteiger partial charge in [0.2, 0.25) is 0 Å². The Labute approximate surface area is 121 Å². The number of thiazole rings is 1. The van der Waals surface area contributed by atoms with Crippen molar-refractivity contribution in [3.05, 3.63) is 40.4 Å². The van der Waals surface area contributed by atoms with Gasteiger partial charge in [-0.25, -0.2) is 4.98 Å². The third kappa shape index (κ3) is 4.38. The Hall–Kier alpha value is -1.30. The van der Waals surface area contributed by atoms with Gasteiger partial charge in [0.25, 0.3) is 0 Å². The van der Waals surface area contributed by atoms with E-state index in [9.17, 15) is 0 Å². The molecule has 1 aromatic heterocycles. The standard InChI is InChI=1S/C13H16ClN3OS/c1-17(9-10-8-16-13(15)19-10)6-7-18-12-5-3-2-4-11(12)14/h2-5,8H,6-7,9H2,1H3,(H2,15,16). The summed E-state index contributed by atoms with van der Waals surface area (Å²) in [4.78, 5) is 7.34. The van der Waals surface area contributed by atoms with Gasteiger partial charge >= 0.3 is 0 Å². The van der Waals surface area contributed by atoms with E-state index in [1.165, 1.54) is 11.3 Å². The van der Waals surface area contributed by atoms with E-state index in [-0.39, 0.29) is 0 Å². The predicted octanol–water partition coefficient (Wildman–Crippen LogP) is 2.89. The molecule has 0 aliphatic carbocycles. The molecule has 2 aromatic rings. The number of nitrogens with two attached hydrogens (primary N) is 1. The normalized spacial score (nSPS) is 10.9. The highest BCUT2D eigenvalue weighted by Crippen LogP contribution is 2.23. The molecule has 6 heteroatoms. The highest BCUT2D eigenvalue weighted by atomic mass is 35.5. The lowest BCUT2D eigenvalue weighted by atomic mass is 10.3. The number of hydrogen-bond donors (Lipinski definition) is 1. The van der Waals surface area contributed by atoms with Gasteiger partial charge in [0.1, 0.15) is 12.4 Å². The lowest BCUT2D eigenvalue weighted by molar-refractivity contribution is 0.234. The lowest BCUT2D eigenvalue weighted by Crippen LogP contribution is -2.23. The molecule has 2 N–H and O–H groups in total. The number of benzene rings is 1. The first-order valence-corrected chi connectivity index (χ1v) is 7.10. The summed E-state index contributed by atoms with van der Waals surface area (Å²) in [7, 11) is 2.03. The van der Waals surface area contributed by atoms with E-state index in [1.807, 2.05) is 37.5 Å². The highest BCUT2D eigenvalue weighted by Gasteiger charge is 2.05. The van der Waals surface area contributed by atoms with Gasteiger partial charge in [0, 0.05) is 24.2 Å². The van der Waals surface area contributed by atoms with Crippen molar-refractivity contribution in [2.75, 3.05) is 25.9 Å². The first-order chi connectivity index (χ1) is 9.15. The number of nitrogen functional groups attached to an aromatic ring is 1. The largest absolute Gasteiger partial charge is 0.491 e. The van der Waals surface area contributed by atoms with Crippen LogP contribution in [-0.2, 0) is 6.54 Å². The molecule has 19 heavy (non-hydrogen) atoms. The number of nitrogens with zero attached hydrogens (tertiary/aromatic N) is 2. The van der Waals surface area contributed by atoms with Gasteiger partial charge in [-0.1, -0.05) is 23.7 Å². The van der Waals surface area contributed by atoms with Crippen LogP contribution >= 0.6 is 22.9 Å². The third-order valence-electron chi connectivity index (χ3n) is 2.56. The predicted molar refractivity (Wildman–Crippen MR) is 79.8 cm³/mol. The summed E-state index contributed by atoms with van der Waals surface area (Å²) in [6, 6.07) is 7.48. The van der Waals surface area contributed by atoms with Crippen LogP contribution in [0.25, 0.3) is 0 Å². The second-order valence-electron chi connectivity index (χ2n) is 4.18. The van der Waals surface area contributed by atoms with Crippen molar-refractivity contribution < 1.29 is 4.74 Å². The van der Waals surface area contributed by atoms with Crippen molar-refractivity contribution in [3.8, 4) is 5.75 Å². The molecule has 0 bridgehead atoms. The highest BCUT2D eigenvalue weighted by molar-refractivity contribution is 7.15. The van der Waals surface area contributed by atoms with Crippen molar-refractivity contribution in [3.63, 3.8) is 0 Å². The van der Waals surface area contributed by atoms with Crippen LogP contribution in [0.4, 0.5) is 5.13 Å². The van der Waals surface area contributed by atoms with Crippen LogP contribution in [0.2, 0.25) is 5.02 Å². The molecule has 0 atom stereocenters. The van der Waals surface area contributed by atoms with Crippen LogP contribution in [0, 0.1) is 0 Å². The maximum atomic E-state index is 6.01. The zero-order valence-corrected chi connectivity index (χ0v) is 12.2. The number of ether oxygens (including phenoxy) is 1. The van der Waals surface area contributed by atoms with Gasteiger partial charge in [-0.3, -0.25) is 4.90 Å². The number of likely N-dealkylation sites (N-methyl/N-ethyl adjacent to an activating group) is 1. The van der Waals surface area contributed by atoms with E-state index in [4.69, 9.17) is 22.1 Å². The lowest BCUT2D eigenvalue weighted by Gasteiger charge is -2.16. The summed E-state index contributed by atoms with van der Waals surface area (Å²) in [5.41, 5.74) is 5.60. The SMILES string of the molecule is CN(CCOc1ccccc1Cl)Cc1cnc(N)s1. The Kier molecular flexibility index (Phi) is 5.01. The molecule has 102 valence electrons.